The Labute approximate surface area is 162 Å². The zero-order chi connectivity index (χ0) is 20.1. The molecule has 0 radical (unpaired) electrons. The van der Waals surface area contributed by atoms with Crippen molar-refractivity contribution in [2.24, 2.45) is 0 Å². The first-order valence-corrected chi connectivity index (χ1v) is 10.8. The molecule has 0 bridgehead atoms. The molecule has 27 heavy (non-hydrogen) atoms. The Morgan fingerprint density at radius 1 is 1.11 bits per heavy atom. The number of rotatable bonds is 8. The van der Waals surface area contributed by atoms with Crippen molar-refractivity contribution in [3.05, 3.63) is 24.3 Å². The molecule has 0 amide bonds. The number of ether oxygens (including phenoxy) is 2. The molecule has 1 unspecified atom stereocenters. The van der Waals surface area contributed by atoms with Crippen LogP contribution in [0.25, 0.3) is 0 Å². The molecule has 1 saturated heterocycles. The van der Waals surface area contributed by atoms with Crippen molar-refractivity contribution in [3.8, 4) is 5.75 Å². The van der Waals surface area contributed by atoms with Crippen LogP contribution in [0, 0.1) is 0 Å². The molecule has 0 aromatic heterocycles. The highest BCUT2D eigenvalue weighted by atomic mass is 32.2. The predicted molar refractivity (Wildman–Crippen MR) is 105 cm³/mol. The van der Waals surface area contributed by atoms with E-state index in [0.717, 1.165) is 0 Å². The third-order valence-corrected chi connectivity index (χ3v) is 6.19. The maximum atomic E-state index is 12.8. The fraction of sp³-hybridized carbons (Fsp3) is 0.684. The first-order chi connectivity index (χ1) is 12.6. The molecule has 1 aliphatic rings. The van der Waals surface area contributed by atoms with E-state index in [1.54, 1.807) is 24.3 Å². The lowest BCUT2D eigenvalue weighted by molar-refractivity contribution is -0.0575. The number of hydrogen-bond acceptors (Lipinski definition) is 6. The van der Waals surface area contributed by atoms with Gasteiger partial charge in [0.2, 0.25) is 10.0 Å². The molecule has 7 nitrogen and oxygen atoms in total. The van der Waals surface area contributed by atoms with Crippen LogP contribution in [-0.4, -0.2) is 80.4 Å². The van der Waals surface area contributed by atoms with Crippen molar-refractivity contribution in [1.82, 2.24) is 9.21 Å². The van der Waals surface area contributed by atoms with E-state index in [1.807, 2.05) is 27.7 Å². The molecule has 0 saturated carbocycles. The second kappa shape index (κ2) is 9.34. The second-order valence-electron chi connectivity index (χ2n) is 7.69. The third kappa shape index (κ3) is 6.73. The number of piperazine rings is 1. The molecule has 1 aromatic carbocycles. The maximum absolute atomic E-state index is 12.8. The predicted octanol–water partition coefficient (Wildman–Crippen LogP) is 1.57. The van der Waals surface area contributed by atoms with Crippen molar-refractivity contribution in [1.29, 1.82) is 0 Å². The van der Waals surface area contributed by atoms with Crippen LogP contribution in [0.2, 0.25) is 0 Å². The zero-order valence-electron chi connectivity index (χ0n) is 16.7. The van der Waals surface area contributed by atoms with Gasteiger partial charge in [-0.3, -0.25) is 4.90 Å². The van der Waals surface area contributed by atoms with Crippen LogP contribution in [0.1, 0.15) is 27.7 Å². The summed E-state index contributed by atoms with van der Waals surface area (Å²) in [5, 5.41) is 10.1. The van der Waals surface area contributed by atoms with Crippen molar-refractivity contribution in [2.45, 2.75) is 44.3 Å². The van der Waals surface area contributed by atoms with Crippen LogP contribution >= 0.6 is 0 Å². The quantitative estimate of drug-likeness (QED) is 0.714. The Hall–Kier alpha value is -1.19. The summed E-state index contributed by atoms with van der Waals surface area (Å²) in [6, 6.07) is 6.52. The van der Waals surface area contributed by atoms with E-state index in [9.17, 15) is 13.5 Å². The largest absolute Gasteiger partial charge is 0.494 e. The van der Waals surface area contributed by atoms with Crippen LogP contribution < -0.4 is 4.74 Å². The number of benzene rings is 1. The summed E-state index contributed by atoms with van der Waals surface area (Å²) in [5.74, 6) is 0.660. The first-order valence-electron chi connectivity index (χ1n) is 9.39. The van der Waals surface area contributed by atoms with E-state index in [0.29, 0.717) is 45.1 Å². The molecular weight excluding hydrogens is 368 g/mol. The van der Waals surface area contributed by atoms with Crippen molar-refractivity contribution < 1.29 is 23.0 Å². The van der Waals surface area contributed by atoms with Crippen molar-refractivity contribution >= 4 is 10.0 Å². The van der Waals surface area contributed by atoms with Crippen LogP contribution in [-0.2, 0) is 14.8 Å². The van der Waals surface area contributed by atoms with Crippen LogP contribution in [0.5, 0.6) is 5.75 Å². The van der Waals surface area contributed by atoms with Crippen LogP contribution in [0.3, 0.4) is 0 Å². The Balaban J connectivity index is 1.86. The molecule has 1 fully saturated rings. The average Bonchev–Trinajstić information content (AvgIpc) is 2.61. The third-order valence-electron chi connectivity index (χ3n) is 4.28. The van der Waals surface area contributed by atoms with E-state index in [4.69, 9.17) is 9.47 Å². The van der Waals surface area contributed by atoms with Crippen LogP contribution in [0.4, 0.5) is 0 Å². The number of hydrogen-bond donors (Lipinski definition) is 1. The van der Waals surface area contributed by atoms with Gasteiger partial charge in [0.15, 0.2) is 0 Å². The SMILES string of the molecule is CCOc1ccc(S(=O)(=O)N2CCN(CC(O)COC(C)(C)C)CC2)cc1. The summed E-state index contributed by atoms with van der Waals surface area (Å²) < 4.78 is 38.0. The summed E-state index contributed by atoms with van der Waals surface area (Å²) in [6.07, 6.45) is -0.585. The Morgan fingerprint density at radius 2 is 1.70 bits per heavy atom. The molecule has 1 N–H and O–H groups in total. The zero-order valence-corrected chi connectivity index (χ0v) is 17.5. The molecule has 8 heteroatoms. The van der Waals surface area contributed by atoms with Gasteiger partial charge in [-0.05, 0) is 52.0 Å². The molecule has 154 valence electrons. The number of aliphatic hydroxyl groups is 1. The van der Waals surface area contributed by atoms with Crippen molar-refractivity contribution in [2.75, 3.05) is 45.9 Å². The Kier molecular flexibility index (Phi) is 7.64. The van der Waals surface area contributed by atoms with Gasteiger partial charge in [0.25, 0.3) is 0 Å². The van der Waals surface area contributed by atoms with Crippen LogP contribution in [0.15, 0.2) is 29.2 Å². The van der Waals surface area contributed by atoms with E-state index in [1.165, 1.54) is 4.31 Å². The Bertz CT molecular complexity index is 677. The normalized spacial score (nSPS) is 18.4. The summed E-state index contributed by atoms with van der Waals surface area (Å²) in [6.45, 7) is 11.0. The lowest BCUT2D eigenvalue weighted by Crippen LogP contribution is -2.50. The van der Waals surface area contributed by atoms with Gasteiger partial charge in [-0.25, -0.2) is 8.42 Å². The first kappa shape index (κ1) is 22.1. The molecular formula is C19H32N2O5S. The van der Waals surface area contributed by atoms with Gasteiger partial charge in [-0.1, -0.05) is 0 Å². The van der Waals surface area contributed by atoms with E-state index < -0.39 is 16.1 Å². The minimum atomic E-state index is -3.51. The van der Waals surface area contributed by atoms with E-state index in [2.05, 4.69) is 4.90 Å². The number of aliphatic hydroxyl groups excluding tert-OH is 1. The number of sulfonamides is 1. The standard InChI is InChI=1S/C19H32N2O5S/c1-5-25-17-6-8-18(9-7-17)27(23,24)21-12-10-20(11-13-21)14-16(22)15-26-19(2,3)4/h6-9,16,22H,5,10-15H2,1-4H3. The van der Waals surface area contributed by atoms with E-state index >= 15 is 0 Å². The lowest BCUT2D eigenvalue weighted by atomic mass is 10.2. The summed E-state index contributed by atoms with van der Waals surface area (Å²) in [5.41, 5.74) is -0.286. The highest BCUT2D eigenvalue weighted by Gasteiger charge is 2.29. The molecule has 1 aliphatic heterocycles. The molecule has 1 atom stereocenters. The summed E-state index contributed by atoms with van der Waals surface area (Å²) in [4.78, 5) is 2.35. The number of nitrogens with zero attached hydrogens (tertiary/aromatic N) is 2. The van der Waals surface area contributed by atoms with Crippen molar-refractivity contribution in [3.63, 3.8) is 0 Å². The second-order valence-corrected chi connectivity index (χ2v) is 9.62. The van der Waals surface area contributed by atoms with Gasteiger partial charge in [0, 0.05) is 32.7 Å². The summed E-state index contributed by atoms with van der Waals surface area (Å²) >= 11 is 0. The fourth-order valence-electron chi connectivity index (χ4n) is 2.87. The lowest BCUT2D eigenvalue weighted by Gasteiger charge is -2.35. The monoisotopic (exact) mass is 400 g/mol. The minimum absolute atomic E-state index is 0.272. The van der Waals surface area contributed by atoms with Gasteiger partial charge in [-0.2, -0.15) is 4.31 Å². The molecule has 0 spiro atoms. The molecule has 2 rings (SSSR count). The number of β-amino-alcohol motifs (C(OH)–C–C–N with tert-alkyl or cyclic N) is 1. The van der Waals surface area contributed by atoms with Gasteiger partial charge in [0.05, 0.1) is 29.8 Å². The average molecular weight is 401 g/mol. The topological polar surface area (TPSA) is 79.3 Å². The summed E-state index contributed by atoms with van der Waals surface area (Å²) in [7, 11) is -3.51. The van der Waals surface area contributed by atoms with Gasteiger partial charge < -0.3 is 14.6 Å². The maximum Gasteiger partial charge on any atom is 0.243 e. The van der Waals surface area contributed by atoms with Gasteiger partial charge >= 0.3 is 0 Å². The minimum Gasteiger partial charge on any atom is -0.494 e. The van der Waals surface area contributed by atoms with E-state index in [-0.39, 0.29) is 17.1 Å². The van der Waals surface area contributed by atoms with Gasteiger partial charge in [-0.15, -0.1) is 0 Å². The van der Waals surface area contributed by atoms with Gasteiger partial charge in [0.1, 0.15) is 5.75 Å². The highest BCUT2D eigenvalue weighted by Crippen LogP contribution is 2.21. The molecule has 0 aliphatic carbocycles. The molecule has 1 heterocycles. The fourth-order valence-corrected chi connectivity index (χ4v) is 4.30. The smallest absolute Gasteiger partial charge is 0.243 e. The molecule has 1 aromatic rings. The highest BCUT2D eigenvalue weighted by molar-refractivity contribution is 7.89. The Morgan fingerprint density at radius 3 is 2.22 bits per heavy atom.